The first-order chi connectivity index (χ1) is 12.0. The van der Waals surface area contributed by atoms with E-state index >= 15 is 0 Å². The standard InChI is InChI=1S/C22H28OS3/c1-19(2,3)21(17-13-9-7-10-14-17)24-22(20(4,5)6,26(23)25-21)18-15-11-8-12-16-18/h7-16H,1-6H3/t21-,22-,26?/m0/s1. The lowest BCUT2D eigenvalue weighted by Gasteiger charge is -2.44. The molecule has 0 aromatic heterocycles. The van der Waals surface area contributed by atoms with Gasteiger partial charge in [0.1, 0.15) is 18.0 Å². The third kappa shape index (κ3) is 2.98. The van der Waals surface area contributed by atoms with E-state index in [0.29, 0.717) is 0 Å². The van der Waals surface area contributed by atoms with Crippen LogP contribution in [-0.4, -0.2) is 4.21 Å². The first kappa shape index (κ1) is 20.0. The van der Waals surface area contributed by atoms with E-state index in [9.17, 15) is 4.21 Å². The zero-order valence-electron chi connectivity index (χ0n) is 16.4. The van der Waals surface area contributed by atoms with Crippen molar-refractivity contribution < 1.29 is 4.21 Å². The van der Waals surface area contributed by atoms with Crippen LogP contribution in [0.3, 0.4) is 0 Å². The average molecular weight is 405 g/mol. The van der Waals surface area contributed by atoms with Crippen LogP contribution in [0, 0.1) is 10.8 Å². The van der Waals surface area contributed by atoms with Gasteiger partial charge in [0, 0.05) is 0 Å². The normalized spacial score (nSPS) is 29.7. The van der Waals surface area contributed by atoms with E-state index in [2.05, 4.69) is 96.1 Å². The molecule has 0 saturated carbocycles. The largest absolute Gasteiger partial charge is 0.246 e. The minimum Gasteiger partial charge on any atom is -0.246 e. The van der Waals surface area contributed by atoms with Gasteiger partial charge in [-0.25, -0.2) is 4.21 Å². The quantitative estimate of drug-likeness (QED) is 0.505. The van der Waals surface area contributed by atoms with Gasteiger partial charge in [0.2, 0.25) is 0 Å². The summed E-state index contributed by atoms with van der Waals surface area (Å²) in [5, 5.41) is 0. The van der Waals surface area contributed by atoms with Crippen molar-refractivity contribution in [3.63, 3.8) is 0 Å². The molecule has 0 spiro atoms. The summed E-state index contributed by atoms with van der Waals surface area (Å²) in [5.74, 6) is 0. The third-order valence-electron chi connectivity index (χ3n) is 5.00. The van der Waals surface area contributed by atoms with E-state index < -0.39 is 13.9 Å². The van der Waals surface area contributed by atoms with E-state index in [-0.39, 0.29) is 14.9 Å². The van der Waals surface area contributed by atoms with Crippen molar-refractivity contribution in [1.29, 1.82) is 0 Å². The van der Waals surface area contributed by atoms with Crippen molar-refractivity contribution in [2.24, 2.45) is 10.8 Å². The van der Waals surface area contributed by atoms with Crippen LogP contribution in [0.5, 0.6) is 0 Å². The first-order valence-corrected chi connectivity index (χ1v) is 12.3. The summed E-state index contributed by atoms with van der Waals surface area (Å²) in [4.78, 5) is 0. The molecule has 0 aliphatic carbocycles. The first-order valence-electron chi connectivity index (χ1n) is 8.97. The molecule has 3 atom stereocenters. The maximum Gasteiger partial charge on any atom is 0.132 e. The fourth-order valence-electron chi connectivity index (χ4n) is 3.54. The van der Waals surface area contributed by atoms with Gasteiger partial charge in [0.25, 0.3) is 0 Å². The smallest absolute Gasteiger partial charge is 0.132 e. The Labute approximate surface area is 168 Å². The molecule has 0 N–H and O–H groups in total. The fourth-order valence-corrected chi connectivity index (χ4v) is 12.6. The predicted molar refractivity (Wildman–Crippen MR) is 118 cm³/mol. The molecule has 1 nitrogen and oxygen atoms in total. The fraction of sp³-hybridized carbons (Fsp3) is 0.455. The second-order valence-corrected chi connectivity index (χ2v) is 14.1. The summed E-state index contributed by atoms with van der Waals surface area (Å²) in [6, 6.07) is 21.0. The van der Waals surface area contributed by atoms with Crippen molar-refractivity contribution >= 4 is 32.4 Å². The molecule has 0 radical (unpaired) electrons. The highest BCUT2D eigenvalue weighted by Gasteiger charge is 2.65. The minimum atomic E-state index is -1.08. The molecule has 1 aliphatic heterocycles. The summed E-state index contributed by atoms with van der Waals surface area (Å²) in [7, 11) is 0.560. The van der Waals surface area contributed by atoms with Crippen LogP contribution < -0.4 is 0 Å². The van der Waals surface area contributed by atoms with Gasteiger partial charge in [-0.1, -0.05) is 102 Å². The maximum atomic E-state index is 13.8. The van der Waals surface area contributed by atoms with Crippen LogP contribution >= 0.6 is 22.6 Å². The van der Waals surface area contributed by atoms with Crippen molar-refractivity contribution in [2.75, 3.05) is 0 Å². The maximum absolute atomic E-state index is 13.8. The van der Waals surface area contributed by atoms with Crippen LogP contribution in [-0.2, 0) is 18.0 Å². The molecule has 1 heterocycles. The molecule has 1 saturated heterocycles. The minimum absolute atomic E-state index is 0.0544. The number of benzene rings is 2. The average Bonchev–Trinajstić information content (AvgIpc) is 2.92. The summed E-state index contributed by atoms with van der Waals surface area (Å²) >= 11 is 1.90. The lowest BCUT2D eigenvalue weighted by Crippen LogP contribution is -2.40. The molecule has 3 rings (SSSR count). The Bertz CT molecular complexity index is 790. The zero-order chi connectivity index (χ0) is 19.2. The molecule has 2 aromatic rings. The lowest BCUT2D eigenvalue weighted by molar-refractivity contribution is 0.350. The van der Waals surface area contributed by atoms with Crippen molar-refractivity contribution in [3.05, 3.63) is 71.8 Å². The van der Waals surface area contributed by atoms with Gasteiger partial charge in [-0.05, 0) is 32.8 Å². The molecular weight excluding hydrogens is 376 g/mol. The van der Waals surface area contributed by atoms with E-state index in [1.165, 1.54) is 5.56 Å². The third-order valence-corrected chi connectivity index (χ3v) is 13.6. The van der Waals surface area contributed by atoms with Gasteiger partial charge in [-0.2, -0.15) is 0 Å². The van der Waals surface area contributed by atoms with E-state index in [1.807, 2.05) is 17.8 Å². The molecule has 1 fully saturated rings. The second kappa shape index (κ2) is 6.72. The monoisotopic (exact) mass is 404 g/mol. The molecule has 0 amide bonds. The second-order valence-electron chi connectivity index (χ2n) is 8.89. The van der Waals surface area contributed by atoms with Gasteiger partial charge in [-0.3, -0.25) is 0 Å². The Hall–Kier alpha value is -0.710. The molecule has 0 bridgehead atoms. The molecule has 1 aliphatic rings. The highest BCUT2D eigenvalue weighted by Crippen LogP contribution is 2.75. The van der Waals surface area contributed by atoms with E-state index in [1.54, 1.807) is 10.8 Å². The number of thioether (sulfide) groups is 1. The van der Waals surface area contributed by atoms with Gasteiger partial charge in [0.15, 0.2) is 0 Å². The molecular formula is C22H28OS3. The van der Waals surface area contributed by atoms with Crippen molar-refractivity contribution in [1.82, 2.24) is 0 Å². The molecule has 2 aromatic carbocycles. The van der Waals surface area contributed by atoms with Gasteiger partial charge in [-0.15, -0.1) is 11.8 Å². The van der Waals surface area contributed by atoms with E-state index in [4.69, 9.17) is 0 Å². The predicted octanol–water partition coefficient (Wildman–Crippen LogP) is 6.93. The SMILES string of the molecule is CC(C)(C)[C@]1(c2ccccc2)SS(=O)[C@@](c2ccccc2)(C(C)(C)C)S1. The Morgan fingerprint density at radius 2 is 1.19 bits per heavy atom. The zero-order valence-corrected chi connectivity index (χ0v) is 18.9. The summed E-state index contributed by atoms with van der Waals surface area (Å²) < 4.78 is 13.1. The summed E-state index contributed by atoms with van der Waals surface area (Å²) in [6.45, 7) is 13.4. The molecule has 140 valence electrons. The summed E-state index contributed by atoms with van der Waals surface area (Å²) in [5.41, 5.74) is 2.20. The van der Waals surface area contributed by atoms with Crippen molar-refractivity contribution in [2.45, 2.75) is 49.7 Å². The van der Waals surface area contributed by atoms with Crippen LogP contribution in [0.1, 0.15) is 52.7 Å². The highest BCUT2D eigenvalue weighted by molar-refractivity contribution is 8.76. The summed E-state index contributed by atoms with van der Waals surface area (Å²) in [6.07, 6.45) is 0. The van der Waals surface area contributed by atoms with Crippen LogP contribution in [0.15, 0.2) is 60.7 Å². The Morgan fingerprint density at radius 3 is 1.62 bits per heavy atom. The number of hydrogen-bond acceptors (Lipinski definition) is 3. The van der Waals surface area contributed by atoms with Gasteiger partial charge < -0.3 is 0 Å². The molecule has 1 unspecified atom stereocenters. The number of rotatable bonds is 2. The Balaban J connectivity index is 2.26. The number of hydrogen-bond donors (Lipinski definition) is 0. The Kier molecular flexibility index (Phi) is 5.18. The Morgan fingerprint density at radius 1 is 0.731 bits per heavy atom. The lowest BCUT2D eigenvalue weighted by atomic mass is 9.85. The highest BCUT2D eigenvalue weighted by atomic mass is 33.1. The van der Waals surface area contributed by atoms with Crippen LogP contribution in [0.2, 0.25) is 0 Å². The van der Waals surface area contributed by atoms with Gasteiger partial charge >= 0.3 is 0 Å². The van der Waals surface area contributed by atoms with Gasteiger partial charge in [0.05, 0.1) is 0 Å². The van der Waals surface area contributed by atoms with Crippen LogP contribution in [0.4, 0.5) is 0 Å². The van der Waals surface area contributed by atoms with E-state index in [0.717, 1.165) is 5.56 Å². The molecule has 26 heavy (non-hydrogen) atoms. The topological polar surface area (TPSA) is 17.1 Å². The van der Waals surface area contributed by atoms with Crippen molar-refractivity contribution in [3.8, 4) is 0 Å². The molecule has 4 heteroatoms. The van der Waals surface area contributed by atoms with Crippen LogP contribution in [0.25, 0.3) is 0 Å².